The average molecular weight is 341 g/mol. The summed E-state index contributed by atoms with van der Waals surface area (Å²) in [5, 5.41) is 5.30. The van der Waals surface area contributed by atoms with Crippen LogP contribution in [-0.4, -0.2) is 23.6 Å². The van der Waals surface area contributed by atoms with E-state index in [1.54, 1.807) is 17.5 Å². The van der Waals surface area contributed by atoms with Crippen LogP contribution in [0.4, 0.5) is 11.8 Å². The van der Waals surface area contributed by atoms with Crippen LogP contribution in [0.15, 0.2) is 28.2 Å². The molecule has 0 radical (unpaired) electrons. The van der Waals surface area contributed by atoms with Gasteiger partial charge in [-0.3, -0.25) is 0 Å². The Balaban J connectivity index is 2.03. The molecule has 0 saturated carbocycles. The van der Waals surface area contributed by atoms with Gasteiger partial charge in [0, 0.05) is 34.5 Å². The maximum absolute atomic E-state index is 4.51. The third-order valence-electron chi connectivity index (χ3n) is 2.58. The first-order valence-corrected chi connectivity index (χ1v) is 7.87. The zero-order valence-corrected chi connectivity index (χ0v) is 13.5. The van der Waals surface area contributed by atoms with Crippen molar-refractivity contribution in [1.82, 2.24) is 9.97 Å². The van der Waals surface area contributed by atoms with Gasteiger partial charge in [-0.1, -0.05) is 6.92 Å². The van der Waals surface area contributed by atoms with Crippen molar-refractivity contribution >= 4 is 39.0 Å². The fraction of sp³-hybridized carbons (Fsp3) is 0.385. The molecule has 6 heteroatoms. The molecular formula is C13H17BrN4S. The fourth-order valence-corrected chi connectivity index (χ4v) is 3.14. The number of anilines is 2. The third-order valence-corrected chi connectivity index (χ3v) is 4.26. The van der Waals surface area contributed by atoms with E-state index in [2.05, 4.69) is 54.5 Å². The molecule has 4 nitrogen and oxygen atoms in total. The highest BCUT2D eigenvalue weighted by Crippen LogP contribution is 2.22. The van der Waals surface area contributed by atoms with Crippen LogP contribution in [-0.2, 0) is 6.54 Å². The number of aromatic nitrogens is 2. The molecule has 2 heterocycles. The van der Waals surface area contributed by atoms with Crippen molar-refractivity contribution in [2.45, 2.75) is 19.9 Å². The lowest BCUT2D eigenvalue weighted by Gasteiger charge is -2.17. The molecule has 2 aromatic rings. The fourth-order valence-electron chi connectivity index (χ4n) is 1.64. The summed E-state index contributed by atoms with van der Waals surface area (Å²) in [6.07, 6.45) is 2.85. The molecule has 19 heavy (non-hydrogen) atoms. The number of nitrogens with one attached hydrogen (secondary N) is 1. The number of rotatable bonds is 6. The van der Waals surface area contributed by atoms with Crippen molar-refractivity contribution in [2.24, 2.45) is 0 Å². The van der Waals surface area contributed by atoms with Gasteiger partial charge in [-0.25, -0.2) is 4.98 Å². The molecule has 0 atom stereocenters. The lowest BCUT2D eigenvalue weighted by molar-refractivity contribution is 0.895. The van der Waals surface area contributed by atoms with Gasteiger partial charge in [0.15, 0.2) is 0 Å². The van der Waals surface area contributed by atoms with E-state index in [0.717, 1.165) is 29.8 Å². The van der Waals surface area contributed by atoms with E-state index >= 15 is 0 Å². The van der Waals surface area contributed by atoms with E-state index in [0.29, 0.717) is 5.95 Å². The maximum atomic E-state index is 4.51. The Morgan fingerprint density at radius 3 is 3.00 bits per heavy atom. The molecule has 0 amide bonds. The van der Waals surface area contributed by atoms with E-state index in [9.17, 15) is 0 Å². The molecular weight excluding hydrogens is 324 g/mol. The molecule has 2 aromatic heterocycles. The zero-order chi connectivity index (χ0) is 13.7. The van der Waals surface area contributed by atoms with Crippen molar-refractivity contribution in [3.05, 3.63) is 33.1 Å². The molecule has 0 fully saturated rings. The van der Waals surface area contributed by atoms with Crippen LogP contribution >= 0.6 is 27.3 Å². The second kappa shape index (κ2) is 6.86. The molecule has 102 valence electrons. The van der Waals surface area contributed by atoms with Crippen molar-refractivity contribution in [2.75, 3.05) is 23.8 Å². The monoisotopic (exact) mass is 340 g/mol. The van der Waals surface area contributed by atoms with Crippen LogP contribution in [0.2, 0.25) is 0 Å². The number of hydrogen-bond acceptors (Lipinski definition) is 5. The van der Waals surface area contributed by atoms with Gasteiger partial charge in [-0.2, -0.15) is 4.98 Å². The SMILES string of the molecule is CCCNc1nccc(N(C)Cc2cc(Br)cs2)n1. The lowest BCUT2D eigenvalue weighted by atomic mass is 10.4. The molecule has 0 saturated heterocycles. The molecule has 0 bridgehead atoms. The minimum Gasteiger partial charge on any atom is -0.354 e. The van der Waals surface area contributed by atoms with E-state index in [1.165, 1.54) is 4.88 Å². The minimum atomic E-state index is 0.693. The van der Waals surface area contributed by atoms with E-state index in [4.69, 9.17) is 0 Å². The third kappa shape index (κ3) is 4.18. The van der Waals surface area contributed by atoms with Crippen LogP contribution in [0, 0.1) is 0 Å². The minimum absolute atomic E-state index is 0.693. The molecule has 0 aromatic carbocycles. The Hall–Kier alpha value is -1.14. The summed E-state index contributed by atoms with van der Waals surface area (Å²) in [7, 11) is 2.04. The summed E-state index contributed by atoms with van der Waals surface area (Å²) < 4.78 is 1.13. The van der Waals surface area contributed by atoms with E-state index < -0.39 is 0 Å². The Bertz CT molecular complexity index is 529. The van der Waals surface area contributed by atoms with Crippen molar-refractivity contribution in [3.63, 3.8) is 0 Å². The summed E-state index contributed by atoms with van der Waals surface area (Å²) in [6, 6.07) is 4.07. The van der Waals surface area contributed by atoms with Gasteiger partial charge in [-0.05, 0) is 34.5 Å². The van der Waals surface area contributed by atoms with Crippen LogP contribution in [0.5, 0.6) is 0 Å². The summed E-state index contributed by atoms with van der Waals surface area (Å²) in [5.41, 5.74) is 0. The second-order valence-corrected chi connectivity index (χ2v) is 6.16. The average Bonchev–Trinajstić information content (AvgIpc) is 2.82. The highest BCUT2D eigenvalue weighted by Gasteiger charge is 2.06. The van der Waals surface area contributed by atoms with E-state index in [-0.39, 0.29) is 0 Å². The topological polar surface area (TPSA) is 41.1 Å². The molecule has 2 rings (SSSR count). The van der Waals surface area contributed by atoms with Crippen LogP contribution in [0.1, 0.15) is 18.2 Å². The largest absolute Gasteiger partial charge is 0.354 e. The van der Waals surface area contributed by atoms with E-state index in [1.807, 2.05) is 13.1 Å². The summed E-state index contributed by atoms with van der Waals surface area (Å²) in [5.74, 6) is 1.62. The van der Waals surface area contributed by atoms with Gasteiger partial charge in [0.25, 0.3) is 0 Å². The smallest absolute Gasteiger partial charge is 0.224 e. The first-order valence-electron chi connectivity index (χ1n) is 6.20. The van der Waals surface area contributed by atoms with Crippen molar-refractivity contribution in [3.8, 4) is 0 Å². The van der Waals surface area contributed by atoms with Crippen molar-refractivity contribution in [1.29, 1.82) is 0 Å². The molecule has 0 unspecified atom stereocenters. The molecule has 0 spiro atoms. The Morgan fingerprint density at radius 2 is 2.32 bits per heavy atom. The Kier molecular flexibility index (Phi) is 5.15. The number of hydrogen-bond donors (Lipinski definition) is 1. The molecule has 0 aliphatic heterocycles. The number of nitrogens with zero attached hydrogens (tertiary/aromatic N) is 3. The first kappa shape index (κ1) is 14.3. The quantitative estimate of drug-likeness (QED) is 0.869. The Morgan fingerprint density at radius 1 is 1.47 bits per heavy atom. The maximum Gasteiger partial charge on any atom is 0.224 e. The predicted octanol–water partition coefficient (Wildman–Crippen LogP) is 3.76. The number of thiophene rings is 1. The Labute approximate surface area is 126 Å². The van der Waals surface area contributed by atoms with Crippen LogP contribution in [0.25, 0.3) is 0 Å². The van der Waals surface area contributed by atoms with Crippen molar-refractivity contribution < 1.29 is 0 Å². The highest BCUT2D eigenvalue weighted by molar-refractivity contribution is 9.10. The predicted molar refractivity (Wildman–Crippen MR) is 84.9 cm³/mol. The molecule has 1 N–H and O–H groups in total. The van der Waals surface area contributed by atoms with Crippen LogP contribution in [0.3, 0.4) is 0 Å². The standard InChI is InChI=1S/C13H17BrN4S/c1-3-5-15-13-16-6-4-12(17-13)18(2)8-11-7-10(14)9-19-11/h4,6-7,9H,3,5,8H2,1-2H3,(H,15,16,17). The second-order valence-electron chi connectivity index (χ2n) is 4.25. The number of halogens is 1. The van der Waals surface area contributed by atoms with Crippen LogP contribution < -0.4 is 10.2 Å². The highest BCUT2D eigenvalue weighted by atomic mass is 79.9. The van der Waals surface area contributed by atoms with Gasteiger partial charge in [0.05, 0.1) is 6.54 Å². The first-order chi connectivity index (χ1) is 9.19. The lowest BCUT2D eigenvalue weighted by Crippen LogP contribution is -2.18. The molecule has 0 aliphatic rings. The summed E-state index contributed by atoms with van der Waals surface area (Å²) in [4.78, 5) is 12.2. The van der Waals surface area contributed by atoms with Gasteiger partial charge in [-0.15, -0.1) is 11.3 Å². The zero-order valence-electron chi connectivity index (χ0n) is 11.1. The summed E-state index contributed by atoms with van der Waals surface area (Å²) in [6.45, 7) is 3.86. The van der Waals surface area contributed by atoms with Gasteiger partial charge < -0.3 is 10.2 Å². The van der Waals surface area contributed by atoms with Gasteiger partial charge >= 0.3 is 0 Å². The van der Waals surface area contributed by atoms with Gasteiger partial charge in [0.1, 0.15) is 5.82 Å². The molecule has 0 aliphatic carbocycles. The summed E-state index contributed by atoms with van der Waals surface area (Å²) >= 11 is 5.22. The normalized spacial score (nSPS) is 10.5. The van der Waals surface area contributed by atoms with Gasteiger partial charge in [0.2, 0.25) is 5.95 Å².